The van der Waals surface area contributed by atoms with Crippen molar-refractivity contribution in [3.63, 3.8) is 0 Å². The predicted octanol–water partition coefficient (Wildman–Crippen LogP) is 3.33. The van der Waals surface area contributed by atoms with Crippen LogP contribution in [0.2, 0.25) is 0 Å². The molecule has 3 rings (SSSR count). The highest BCUT2D eigenvalue weighted by Crippen LogP contribution is 2.21. The number of H-pyrrole nitrogens is 1. The largest absolute Gasteiger partial charge is 0.349 e. The van der Waals surface area contributed by atoms with E-state index in [9.17, 15) is 0 Å². The number of aromatic amines is 1. The summed E-state index contributed by atoms with van der Waals surface area (Å²) in [6, 6.07) is 21.3. The number of hydrogen-bond acceptors (Lipinski definition) is 2. The minimum Gasteiger partial charge on any atom is -0.349 e. The number of nitrogens with zero attached hydrogens (tertiary/aromatic N) is 1. The zero-order valence-electron chi connectivity index (χ0n) is 11.9. The molecule has 2 N–H and O–H groups in total. The van der Waals surface area contributed by atoms with Crippen LogP contribution in [0.3, 0.4) is 0 Å². The number of nitrogens with one attached hydrogen (secondary N) is 2. The third-order valence-corrected chi connectivity index (χ3v) is 3.53. The first-order chi connectivity index (χ1) is 10.4. The fourth-order valence-electron chi connectivity index (χ4n) is 2.49. The van der Waals surface area contributed by atoms with Crippen molar-refractivity contribution >= 4 is 0 Å². The second-order valence-corrected chi connectivity index (χ2v) is 4.99. The van der Waals surface area contributed by atoms with Crippen molar-refractivity contribution in [2.75, 3.05) is 6.54 Å². The van der Waals surface area contributed by atoms with Gasteiger partial charge in [0, 0.05) is 25.4 Å². The Hall–Kier alpha value is -2.39. The molecule has 0 saturated carbocycles. The Balaban J connectivity index is 1.73. The van der Waals surface area contributed by atoms with E-state index < -0.39 is 0 Å². The minimum absolute atomic E-state index is 0.211. The molecule has 0 aliphatic rings. The molecule has 0 radical (unpaired) electrons. The van der Waals surface area contributed by atoms with E-state index in [0.29, 0.717) is 0 Å². The van der Waals surface area contributed by atoms with Gasteiger partial charge in [-0.05, 0) is 11.1 Å². The zero-order valence-corrected chi connectivity index (χ0v) is 11.9. The quantitative estimate of drug-likeness (QED) is 0.725. The van der Waals surface area contributed by atoms with Gasteiger partial charge in [-0.3, -0.25) is 0 Å². The molecule has 0 spiro atoms. The Morgan fingerprint density at radius 3 is 2.05 bits per heavy atom. The summed E-state index contributed by atoms with van der Waals surface area (Å²) >= 11 is 0. The third-order valence-electron chi connectivity index (χ3n) is 3.53. The molecule has 3 nitrogen and oxygen atoms in total. The van der Waals surface area contributed by atoms with Gasteiger partial charge in [0.05, 0.1) is 6.04 Å². The van der Waals surface area contributed by atoms with E-state index in [1.165, 1.54) is 11.1 Å². The third kappa shape index (κ3) is 3.58. The average Bonchev–Trinajstić information content (AvgIpc) is 3.07. The summed E-state index contributed by atoms with van der Waals surface area (Å²) in [5.74, 6) is 1.02. The van der Waals surface area contributed by atoms with Crippen LogP contribution in [0.4, 0.5) is 0 Å². The lowest BCUT2D eigenvalue weighted by Crippen LogP contribution is -2.25. The first-order valence-corrected chi connectivity index (χ1v) is 7.25. The fraction of sp³-hybridized carbons (Fsp3) is 0.167. The van der Waals surface area contributed by atoms with E-state index in [4.69, 9.17) is 0 Å². The van der Waals surface area contributed by atoms with Crippen LogP contribution in [0.15, 0.2) is 73.1 Å². The van der Waals surface area contributed by atoms with Crippen molar-refractivity contribution in [1.29, 1.82) is 0 Å². The zero-order chi connectivity index (χ0) is 14.3. The molecule has 0 unspecified atom stereocenters. The molecule has 0 fully saturated rings. The summed E-state index contributed by atoms with van der Waals surface area (Å²) in [5.41, 5.74) is 2.56. The highest BCUT2D eigenvalue weighted by Gasteiger charge is 2.12. The summed E-state index contributed by atoms with van der Waals surface area (Å²) in [4.78, 5) is 7.40. The molecular formula is C18H19N3. The second kappa shape index (κ2) is 6.86. The Morgan fingerprint density at radius 2 is 1.52 bits per heavy atom. The van der Waals surface area contributed by atoms with Gasteiger partial charge in [-0.1, -0.05) is 60.7 Å². The van der Waals surface area contributed by atoms with Gasteiger partial charge in [-0.15, -0.1) is 0 Å². The molecule has 0 amide bonds. The number of rotatable bonds is 6. The molecular weight excluding hydrogens is 258 g/mol. The normalized spacial score (nSPS) is 10.9. The molecule has 1 heterocycles. The smallest absolute Gasteiger partial charge is 0.107 e. The first-order valence-electron chi connectivity index (χ1n) is 7.25. The molecule has 0 aliphatic carbocycles. The highest BCUT2D eigenvalue weighted by atomic mass is 14.9. The topological polar surface area (TPSA) is 40.7 Å². The van der Waals surface area contributed by atoms with Gasteiger partial charge in [0.25, 0.3) is 0 Å². The van der Waals surface area contributed by atoms with Crippen molar-refractivity contribution in [2.45, 2.75) is 12.5 Å². The number of benzene rings is 2. The van der Waals surface area contributed by atoms with E-state index in [0.717, 1.165) is 18.8 Å². The molecule has 3 heteroatoms. The highest BCUT2D eigenvalue weighted by molar-refractivity contribution is 5.31. The van der Waals surface area contributed by atoms with Crippen LogP contribution < -0.4 is 5.32 Å². The van der Waals surface area contributed by atoms with Gasteiger partial charge in [-0.25, -0.2) is 4.98 Å². The molecule has 0 atom stereocenters. The molecule has 1 aromatic heterocycles. The van der Waals surface area contributed by atoms with Crippen molar-refractivity contribution in [3.8, 4) is 0 Å². The lowest BCUT2D eigenvalue weighted by atomic mass is 9.99. The lowest BCUT2D eigenvalue weighted by molar-refractivity contribution is 0.599. The Bertz CT molecular complexity index is 593. The maximum Gasteiger partial charge on any atom is 0.107 e. The van der Waals surface area contributed by atoms with E-state index >= 15 is 0 Å². The van der Waals surface area contributed by atoms with E-state index in [-0.39, 0.29) is 6.04 Å². The first kappa shape index (κ1) is 13.6. The molecule has 0 aliphatic heterocycles. The maximum absolute atomic E-state index is 4.26. The SMILES string of the molecule is c1ccc(C(NCCc2ncc[nH]2)c2ccccc2)cc1. The summed E-state index contributed by atoms with van der Waals surface area (Å²) in [6.45, 7) is 0.877. The molecule has 3 aromatic rings. The summed E-state index contributed by atoms with van der Waals surface area (Å²) < 4.78 is 0. The second-order valence-electron chi connectivity index (χ2n) is 4.99. The molecule has 106 valence electrons. The van der Waals surface area contributed by atoms with Gasteiger partial charge in [-0.2, -0.15) is 0 Å². The van der Waals surface area contributed by atoms with Gasteiger partial charge < -0.3 is 10.3 Å². The van der Waals surface area contributed by atoms with Gasteiger partial charge in [0.2, 0.25) is 0 Å². The van der Waals surface area contributed by atoms with Gasteiger partial charge in [0.1, 0.15) is 5.82 Å². The summed E-state index contributed by atoms with van der Waals surface area (Å²) in [6.07, 6.45) is 4.55. The van der Waals surface area contributed by atoms with Crippen molar-refractivity contribution in [3.05, 3.63) is 90.0 Å². The van der Waals surface area contributed by atoms with Crippen molar-refractivity contribution < 1.29 is 0 Å². The average molecular weight is 277 g/mol. The molecule has 0 bridgehead atoms. The Labute approximate surface area is 125 Å². The molecule has 0 saturated heterocycles. The number of imidazole rings is 1. The molecule has 2 aromatic carbocycles. The van der Waals surface area contributed by atoms with E-state index in [2.05, 4.69) is 75.9 Å². The van der Waals surface area contributed by atoms with Gasteiger partial charge >= 0.3 is 0 Å². The van der Waals surface area contributed by atoms with Crippen LogP contribution in [0.1, 0.15) is 23.0 Å². The summed E-state index contributed by atoms with van der Waals surface area (Å²) in [5, 5.41) is 3.63. The lowest BCUT2D eigenvalue weighted by Gasteiger charge is -2.19. The molecule has 21 heavy (non-hydrogen) atoms. The maximum atomic E-state index is 4.26. The van der Waals surface area contributed by atoms with Crippen LogP contribution in [0.5, 0.6) is 0 Å². The minimum atomic E-state index is 0.211. The standard InChI is InChI=1S/C18H19N3/c1-3-7-15(8-4-1)18(16-9-5-2-6-10-16)21-12-11-17-19-13-14-20-17/h1-10,13-14,18,21H,11-12H2,(H,19,20). The number of aromatic nitrogens is 2. The number of hydrogen-bond donors (Lipinski definition) is 2. The van der Waals surface area contributed by atoms with Gasteiger partial charge in [0.15, 0.2) is 0 Å². The van der Waals surface area contributed by atoms with E-state index in [1.54, 1.807) is 6.20 Å². The predicted molar refractivity (Wildman–Crippen MR) is 85.0 cm³/mol. The van der Waals surface area contributed by atoms with Crippen molar-refractivity contribution in [2.24, 2.45) is 0 Å². The van der Waals surface area contributed by atoms with Crippen LogP contribution in [-0.4, -0.2) is 16.5 Å². The van der Waals surface area contributed by atoms with Crippen molar-refractivity contribution in [1.82, 2.24) is 15.3 Å². The Kier molecular flexibility index (Phi) is 4.44. The summed E-state index contributed by atoms with van der Waals surface area (Å²) in [7, 11) is 0. The Morgan fingerprint density at radius 1 is 0.905 bits per heavy atom. The van der Waals surface area contributed by atoms with Crippen LogP contribution >= 0.6 is 0 Å². The van der Waals surface area contributed by atoms with Crippen LogP contribution in [0, 0.1) is 0 Å². The monoisotopic (exact) mass is 277 g/mol. The fourth-order valence-corrected chi connectivity index (χ4v) is 2.49. The van der Waals surface area contributed by atoms with E-state index in [1.807, 2.05) is 6.20 Å². The van der Waals surface area contributed by atoms with Crippen LogP contribution in [0.25, 0.3) is 0 Å². The van der Waals surface area contributed by atoms with Crippen LogP contribution in [-0.2, 0) is 6.42 Å².